The molecule has 1 aliphatic rings. The molecule has 3 heterocycles. The summed E-state index contributed by atoms with van der Waals surface area (Å²) in [6.45, 7) is 3.99. The van der Waals surface area contributed by atoms with Crippen molar-refractivity contribution >= 4 is 44.7 Å². The highest BCUT2D eigenvalue weighted by Crippen LogP contribution is 2.44. The van der Waals surface area contributed by atoms with Gasteiger partial charge in [-0.15, -0.1) is 0 Å². The molecule has 0 bridgehead atoms. The number of carboxylic acid groups (broad SMARTS) is 1. The van der Waals surface area contributed by atoms with Gasteiger partial charge in [-0.1, -0.05) is 12.1 Å². The van der Waals surface area contributed by atoms with E-state index in [1.165, 1.54) is 0 Å². The zero-order valence-corrected chi connectivity index (χ0v) is 23.1. The Bertz CT molecular complexity index is 1670. The van der Waals surface area contributed by atoms with Gasteiger partial charge in [0.15, 0.2) is 5.11 Å². The first kappa shape index (κ1) is 26.4. The highest BCUT2D eigenvalue weighted by molar-refractivity contribution is 7.92. The summed E-state index contributed by atoms with van der Waals surface area (Å²) >= 11 is 5.82. The molecule has 200 valence electrons. The lowest BCUT2D eigenvalue weighted by molar-refractivity contribution is 0.0697. The first-order chi connectivity index (χ1) is 18.5. The van der Waals surface area contributed by atoms with Crippen LogP contribution in [0.3, 0.4) is 0 Å². The summed E-state index contributed by atoms with van der Waals surface area (Å²) < 4.78 is 27.9. The van der Waals surface area contributed by atoms with Crippen LogP contribution in [0, 0.1) is 13.8 Å². The van der Waals surface area contributed by atoms with Crippen molar-refractivity contribution in [1.82, 2.24) is 14.9 Å². The Morgan fingerprint density at radius 3 is 2.41 bits per heavy atom. The Kier molecular flexibility index (Phi) is 6.87. The van der Waals surface area contributed by atoms with Gasteiger partial charge >= 0.3 is 5.97 Å². The van der Waals surface area contributed by atoms with Crippen LogP contribution in [0.1, 0.15) is 45.1 Å². The van der Waals surface area contributed by atoms with Gasteiger partial charge in [0.05, 0.1) is 29.6 Å². The fourth-order valence-electron chi connectivity index (χ4n) is 5.12. The molecule has 2 aromatic carbocycles. The second-order valence-corrected chi connectivity index (χ2v) is 11.6. The number of hydrogen-bond donors (Lipinski definition) is 3. The maximum absolute atomic E-state index is 11.7. The lowest BCUT2D eigenvalue weighted by Crippen LogP contribution is -2.29. The van der Waals surface area contributed by atoms with Crippen molar-refractivity contribution in [2.24, 2.45) is 0 Å². The monoisotopic (exact) mass is 561 g/mol. The molecular formula is C28H27N5O4S2. The smallest absolute Gasteiger partial charge is 0.335 e. The normalized spacial score (nSPS) is 17.2. The third-order valence-corrected chi connectivity index (χ3v) is 7.61. The molecule has 2 atom stereocenters. The molecule has 0 radical (unpaired) electrons. The van der Waals surface area contributed by atoms with Gasteiger partial charge in [-0.25, -0.2) is 13.2 Å². The largest absolute Gasteiger partial charge is 0.478 e. The van der Waals surface area contributed by atoms with Crippen LogP contribution in [-0.4, -0.2) is 40.4 Å². The third kappa shape index (κ3) is 5.23. The number of carbonyl (C=O) groups is 1. The van der Waals surface area contributed by atoms with Gasteiger partial charge in [0.2, 0.25) is 10.0 Å². The molecule has 4 aromatic rings. The minimum Gasteiger partial charge on any atom is -0.478 e. The van der Waals surface area contributed by atoms with Gasteiger partial charge in [0, 0.05) is 34.6 Å². The molecule has 0 amide bonds. The third-order valence-electron chi connectivity index (χ3n) is 6.69. The van der Waals surface area contributed by atoms with E-state index in [9.17, 15) is 18.3 Å². The zero-order valence-electron chi connectivity index (χ0n) is 21.5. The standard InChI is InChI=1S/C28H27N5O4S2/c1-17-15-23(18(2)32(17)22-8-6-7-19(16-22)27(34)35)26-25(24-9-4-5-14-29-24)30-28(38)33(26)21-12-10-20(11-13-21)31-39(3,36)37/h4-16,25-26,31H,1-3H3,(H,30,38)(H,34,35)/t25-,26+/m1/s1. The van der Waals surface area contributed by atoms with Crippen molar-refractivity contribution in [3.05, 3.63) is 107 Å². The maximum atomic E-state index is 11.7. The average molecular weight is 562 g/mol. The van der Waals surface area contributed by atoms with Crippen LogP contribution in [-0.2, 0) is 10.0 Å². The summed E-state index contributed by atoms with van der Waals surface area (Å²) in [6, 6.07) is 21.2. The topological polar surface area (TPSA) is 117 Å². The van der Waals surface area contributed by atoms with Crippen molar-refractivity contribution in [2.45, 2.75) is 25.9 Å². The predicted molar refractivity (Wildman–Crippen MR) is 155 cm³/mol. The molecule has 11 heteroatoms. The minimum atomic E-state index is -3.41. The van der Waals surface area contributed by atoms with Crippen molar-refractivity contribution in [2.75, 3.05) is 15.9 Å². The lowest BCUT2D eigenvalue weighted by Gasteiger charge is -2.28. The zero-order chi connectivity index (χ0) is 27.9. The molecule has 1 saturated heterocycles. The SMILES string of the molecule is Cc1cc([C@H]2[C@@H](c3ccccn3)NC(=S)N2c2ccc(NS(C)(=O)=O)cc2)c(C)n1-c1cccc(C(=O)O)c1. The molecule has 2 aromatic heterocycles. The van der Waals surface area contributed by atoms with Crippen molar-refractivity contribution in [3.63, 3.8) is 0 Å². The van der Waals surface area contributed by atoms with E-state index in [0.717, 1.165) is 40.3 Å². The minimum absolute atomic E-state index is 0.209. The van der Waals surface area contributed by atoms with E-state index < -0.39 is 16.0 Å². The number of thiocarbonyl (C=S) groups is 1. The Balaban J connectivity index is 1.63. The van der Waals surface area contributed by atoms with Crippen molar-refractivity contribution < 1.29 is 18.3 Å². The van der Waals surface area contributed by atoms with E-state index in [0.29, 0.717) is 10.8 Å². The van der Waals surface area contributed by atoms with E-state index >= 15 is 0 Å². The number of pyridine rings is 1. The van der Waals surface area contributed by atoms with E-state index in [1.807, 2.05) is 59.7 Å². The number of benzene rings is 2. The van der Waals surface area contributed by atoms with Crippen LogP contribution in [0.5, 0.6) is 0 Å². The number of rotatable bonds is 7. The average Bonchev–Trinajstić information content (AvgIpc) is 3.39. The van der Waals surface area contributed by atoms with Gasteiger partial charge in [-0.3, -0.25) is 9.71 Å². The maximum Gasteiger partial charge on any atom is 0.335 e. The molecule has 3 N–H and O–H groups in total. The Morgan fingerprint density at radius 2 is 1.77 bits per heavy atom. The number of nitrogens with one attached hydrogen (secondary N) is 2. The summed E-state index contributed by atoms with van der Waals surface area (Å²) in [7, 11) is -3.41. The molecule has 0 aliphatic carbocycles. The summed E-state index contributed by atoms with van der Waals surface area (Å²) in [5.74, 6) is -0.986. The number of anilines is 2. The lowest BCUT2D eigenvalue weighted by atomic mass is 9.96. The van der Waals surface area contributed by atoms with Gasteiger partial charge in [-0.2, -0.15) is 0 Å². The molecule has 0 saturated carbocycles. The second kappa shape index (κ2) is 10.2. The fraction of sp³-hybridized carbons (Fsp3) is 0.179. The van der Waals surface area contributed by atoms with Gasteiger partial charge in [0.25, 0.3) is 0 Å². The molecule has 1 fully saturated rings. The van der Waals surface area contributed by atoms with Crippen LogP contribution < -0.4 is 14.9 Å². The van der Waals surface area contributed by atoms with Crippen LogP contribution in [0.2, 0.25) is 0 Å². The molecular weight excluding hydrogens is 534 g/mol. The molecule has 5 rings (SSSR count). The molecule has 9 nitrogen and oxygen atoms in total. The summed E-state index contributed by atoms with van der Waals surface area (Å²) in [5, 5.41) is 13.5. The number of carboxylic acids is 1. The fourth-order valence-corrected chi connectivity index (χ4v) is 6.03. The molecule has 1 aliphatic heterocycles. The van der Waals surface area contributed by atoms with Crippen molar-refractivity contribution in [1.29, 1.82) is 0 Å². The summed E-state index contributed by atoms with van der Waals surface area (Å²) in [5.41, 5.74) is 5.89. The van der Waals surface area contributed by atoms with Crippen LogP contribution in [0.25, 0.3) is 5.69 Å². The van der Waals surface area contributed by atoms with Crippen LogP contribution in [0.4, 0.5) is 11.4 Å². The predicted octanol–water partition coefficient (Wildman–Crippen LogP) is 4.74. The molecule has 0 spiro atoms. The molecule has 39 heavy (non-hydrogen) atoms. The Morgan fingerprint density at radius 1 is 1.03 bits per heavy atom. The number of nitrogens with zero attached hydrogens (tertiary/aromatic N) is 3. The van der Waals surface area contributed by atoms with E-state index in [1.54, 1.807) is 36.5 Å². The Labute approximate surface area is 232 Å². The highest BCUT2D eigenvalue weighted by atomic mass is 32.2. The van der Waals surface area contributed by atoms with Crippen LogP contribution in [0.15, 0.2) is 79.0 Å². The summed E-state index contributed by atoms with van der Waals surface area (Å²) in [4.78, 5) is 18.2. The number of aryl methyl sites for hydroxylation is 1. The van der Waals surface area contributed by atoms with E-state index in [2.05, 4.69) is 21.1 Å². The second-order valence-electron chi connectivity index (χ2n) is 9.44. The van der Waals surface area contributed by atoms with Gasteiger partial charge < -0.3 is 19.9 Å². The molecule has 0 unspecified atom stereocenters. The number of hydrogen-bond acceptors (Lipinski definition) is 5. The van der Waals surface area contributed by atoms with E-state index in [4.69, 9.17) is 12.2 Å². The van der Waals surface area contributed by atoms with Gasteiger partial charge in [0.1, 0.15) is 0 Å². The van der Waals surface area contributed by atoms with Crippen molar-refractivity contribution in [3.8, 4) is 5.69 Å². The summed E-state index contributed by atoms with van der Waals surface area (Å²) in [6.07, 6.45) is 2.85. The quantitative estimate of drug-likeness (QED) is 0.277. The number of sulfonamides is 1. The highest BCUT2D eigenvalue weighted by Gasteiger charge is 2.42. The number of aromatic carboxylic acids is 1. The van der Waals surface area contributed by atoms with E-state index in [-0.39, 0.29) is 17.6 Å². The van der Waals surface area contributed by atoms with Crippen LogP contribution >= 0.6 is 12.2 Å². The Hall–Kier alpha value is -4.22. The number of aromatic nitrogens is 2. The first-order valence-electron chi connectivity index (χ1n) is 12.1. The van der Waals surface area contributed by atoms with Gasteiger partial charge in [-0.05, 0) is 92.3 Å². The first-order valence-corrected chi connectivity index (χ1v) is 14.4.